The Bertz CT molecular complexity index is 812. The zero-order chi connectivity index (χ0) is 19.3. The number of amides is 1. The van der Waals surface area contributed by atoms with E-state index in [1.165, 1.54) is 19.3 Å². The average molecular weight is 381 g/mol. The Labute approximate surface area is 165 Å². The summed E-state index contributed by atoms with van der Waals surface area (Å²) in [6.45, 7) is 5.20. The lowest BCUT2D eigenvalue weighted by molar-refractivity contribution is -0.119. The molecule has 2 aliphatic heterocycles. The van der Waals surface area contributed by atoms with Crippen LogP contribution >= 0.6 is 0 Å². The van der Waals surface area contributed by atoms with E-state index in [4.69, 9.17) is 9.72 Å². The lowest BCUT2D eigenvalue weighted by Crippen LogP contribution is -2.31. The number of aryl methyl sites for hydroxylation is 1. The fourth-order valence-electron chi connectivity index (χ4n) is 3.62. The van der Waals surface area contributed by atoms with Crippen molar-refractivity contribution in [2.75, 3.05) is 41.8 Å². The summed E-state index contributed by atoms with van der Waals surface area (Å²) in [4.78, 5) is 23.7. The highest BCUT2D eigenvalue weighted by Gasteiger charge is 2.23. The van der Waals surface area contributed by atoms with Gasteiger partial charge in [-0.2, -0.15) is 4.98 Å². The number of ether oxygens (including phenoxy) is 1. The zero-order valence-corrected chi connectivity index (χ0v) is 16.3. The first-order valence-corrected chi connectivity index (χ1v) is 10.0. The van der Waals surface area contributed by atoms with Crippen molar-refractivity contribution in [2.24, 2.45) is 5.92 Å². The van der Waals surface area contributed by atoms with Crippen LogP contribution < -0.4 is 15.5 Å². The molecule has 1 unspecified atom stereocenters. The molecule has 7 heteroatoms. The van der Waals surface area contributed by atoms with Crippen molar-refractivity contribution in [3.63, 3.8) is 0 Å². The second kappa shape index (κ2) is 8.56. The van der Waals surface area contributed by atoms with Crippen LogP contribution in [0.3, 0.4) is 0 Å². The van der Waals surface area contributed by atoms with Crippen molar-refractivity contribution < 1.29 is 9.53 Å². The van der Waals surface area contributed by atoms with Crippen LogP contribution in [0.1, 0.15) is 31.4 Å². The predicted molar refractivity (Wildman–Crippen MR) is 110 cm³/mol. The van der Waals surface area contributed by atoms with E-state index in [0.717, 1.165) is 48.3 Å². The van der Waals surface area contributed by atoms with Crippen molar-refractivity contribution in [1.29, 1.82) is 0 Å². The van der Waals surface area contributed by atoms with Crippen molar-refractivity contribution in [2.45, 2.75) is 32.6 Å². The van der Waals surface area contributed by atoms with Crippen molar-refractivity contribution >= 4 is 29.0 Å². The number of aromatic nitrogens is 2. The number of anilines is 4. The van der Waals surface area contributed by atoms with Crippen molar-refractivity contribution in [3.8, 4) is 0 Å². The van der Waals surface area contributed by atoms with Crippen LogP contribution in [0.5, 0.6) is 0 Å². The molecule has 28 heavy (non-hydrogen) atoms. The highest BCUT2D eigenvalue weighted by molar-refractivity contribution is 5.93. The molecule has 0 saturated carbocycles. The van der Waals surface area contributed by atoms with Gasteiger partial charge in [-0.25, -0.2) is 4.98 Å². The first kappa shape index (κ1) is 18.7. The van der Waals surface area contributed by atoms with Gasteiger partial charge in [0.05, 0.1) is 12.5 Å². The van der Waals surface area contributed by atoms with E-state index < -0.39 is 0 Å². The van der Waals surface area contributed by atoms with Gasteiger partial charge >= 0.3 is 0 Å². The fourth-order valence-corrected chi connectivity index (χ4v) is 3.62. The SMILES string of the molecule is Cc1cc(Nc2ccc(NC(=O)C3CCOC3)cc2)nc(N2CCCCC2)n1. The number of hydrogen-bond donors (Lipinski definition) is 2. The lowest BCUT2D eigenvalue weighted by Gasteiger charge is -2.27. The maximum absolute atomic E-state index is 12.2. The number of piperidine rings is 1. The number of hydrogen-bond acceptors (Lipinski definition) is 6. The number of nitrogens with zero attached hydrogens (tertiary/aromatic N) is 3. The van der Waals surface area contributed by atoms with Crippen molar-refractivity contribution in [3.05, 3.63) is 36.0 Å². The molecule has 4 rings (SSSR count). The Morgan fingerprint density at radius 2 is 1.86 bits per heavy atom. The normalized spacial score (nSPS) is 19.5. The van der Waals surface area contributed by atoms with E-state index in [-0.39, 0.29) is 11.8 Å². The summed E-state index contributed by atoms with van der Waals surface area (Å²) in [5.41, 5.74) is 2.65. The van der Waals surface area contributed by atoms with Crippen LogP contribution in [0.15, 0.2) is 30.3 Å². The van der Waals surface area contributed by atoms with Gasteiger partial charge in [-0.3, -0.25) is 4.79 Å². The second-order valence-electron chi connectivity index (χ2n) is 7.49. The number of nitrogens with one attached hydrogen (secondary N) is 2. The van der Waals surface area contributed by atoms with Gasteiger partial charge in [-0.15, -0.1) is 0 Å². The molecule has 0 aliphatic carbocycles. The summed E-state index contributed by atoms with van der Waals surface area (Å²) in [5.74, 6) is 1.56. The molecule has 7 nitrogen and oxygen atoms in total. The largest absolute Gasteiger partial charge is 0.381 e. The molecule has 2 saturated heterocycles. The Morgan fingerprint density at radius 1 is 1.11 bits per heavy atom. The van der Waals surface area contributed by atoms with E-state index in [0.29, 0.717) is 13.2 Å². The second-order valence-corrected chi connectivity index (χ2v) is 7.49. The number of benzene rings is 1. The van der Waals surface area contributed by atoms with E-state index in [1.54, 1.807) is 0 Å². The van der Waals surface area contributed by atoms with Gasteiger partial charge in [0.25, 0.3) is 0 Å². The molecule has 1 aromatic carbocycles. The molecule has 2 N–H and O–H groups in total. The molecule has 2 fully saturated rings. The molecule has 2 aromatic rings. The molecule has 0 spiro atoms. The van der Waals surface area contributed by atoms with Crippen LogP contribution in [0.4, 0.5) is 23.1 Å². The maximum atomic E-state index is 12.2. The Balaban J connectivity index is 1.41. The summed E-state index contributed by atoms with van der Waals surface area (Å²) < 4.78 is 5.28. The summed E-state index contributed by atoms with van der Waals surface area (Å²) in [5, 5.41) is 6.31. The van der Waals surface area contributed by atoms with Gasteiger partial charge in [0.15, 0.2) is 0 Å². The minimum Gasteiger partial charge on any atom is -0.381 e. The van der Waals surface area contributed by atoms with E-state index in [9.17, 15) is 4.79 Å². The number of carbonyl (C=O) groups excluding carboxylic acids is 1. The fraction of sp³-hybridized carbons (Fsp3) is 0.476. The van der Waals surface area contributed by atoms with E-state index in [1.807, 2.05) is 37.3 Å². The maximum Gasteiger partial charge on any atom is 0.229 e. The van der Waals surface area contributed by atoms with E-state index >= 15 is 0 Å². The molecule has 148 valence electrons. The smallest absolute Gasteiger partial charge is 0.229 e. The van der Waals surface area contributed by atoms with Gasteiger partial charge in [0, 0.05) is 42.8 Å². The monoisotopic (exact) mass is 381 g/mol. The van der Waals surface area contributed by atoms with Gasteiger partial charge in [-0.1, -0.05) is 0 Å². The lowest BCUT2D eigenvalue weighted by atomic mass is 10.1. The molecular formula is C21H27N5O2. The standard InChI is InChI=1S/C21H27N5O2/c1-15-13-19(25-21(22-15)26-10-3-2-4-11-26)23-17-5-7-18(8-6-17)24-20(27)16-9-12-28-14-16/h5-8,13,16H,2-4,9-12,14H2,1H3,(H,24,27)(H,22,23,25). The summed E-state index contributed by atoms with van der Waals surface area (Å²) in [6.07, 6.45) is 4.46. The van der Waals surface area contributed by atoms with Gasteiger partial charge in [-0.05, 0) is 56.9 Å². The molecule has 1 atom stereocenters. The number of rotatable bonds is 5. The molecule has 1 aromatic heterocycles. The molecule has 3 heterocycles. The van der Waals surface area contributed by atoms with Crippen LogP contribution in [0.25, 0.3) is 0 Å². The van der Waals surface area contributed by atoms with Crippen LogP contribution in [0, 0.1) is 12.8 Å². The van der Waals surface area contributed by atoms with Gasteiger partial charge < -0.3 is 20.3 Å². The third kappa shape index (κ3) is 4.59. The summed E-state index contributed by atoms with van der Waals surface area (Å²) in [6, 6.07) is 9.63. The third-order valence-corrected chi connectivity index (χ3v) is 5.21. The Hall–Kier alpha value is -2.67. The van der Waals surface area contributed by atoms with Crippen LogP contribution in [-0.4, -0.2) is 42.2 Å². The zero-order valence-electron chi connectivity index (χ0n) is 16.3. The topological polar surface area (TPSA) is 79.4 Å². The van der Waals surface area contributed by atoms with Crippen LogP contribution in [0.2, 0.25) is 0 Å². The molecular weight excluding hydrogens is 354 g/mol. The molecule has 2 aliphatic rings. The minimum absolute atomic E-state index is 0.0239. The van der Waals surface area contributed by atoms with Crippen LogP contribution in [-0.2, 0) is 9.53 Å². The van der Waals surface area contributed by atoms with Gasteiger partial charge in [0.2, 0.25) is 11.9 Å². The van der Waals surface area contributed by atoms with Gasteiger partial charge in [0.1, 0.15) is 5.82 Å². The third-order valence-electron chi connectivity index (χ3n) is 5.21. The average Bonchev–Trinajstić information content (AvgIpc) is 3.25. The Morgan fingerprint density at radius 3 is 2.57 bits per heavy atom. The van der Waals surface area contributed by atoms with Crippen molar-refractivity contribution in [1.82, 2.24) is 9.97 Å². The van der Waals surface area contributed by atoms with E-state index in [2.05, 4.69) is 20.5 Å². The summed E-state index contributed by atoms with van der Waals surface area (Å²) >= 11 is 0. The molecule has 0 bridgehead atoms. The minimum atomic E-state index is -0.0463. The molecule has 1 amide bonds. The highest BCUT2D eigenvalue weighted by Crippen LogP contribution is 2.23. The Kier molecular flexibility index (Phi) is 5.71. The molecule has 0 radical (unpaired) electrons. The predicted octanol–water partition coefficient (Wildman–Crippen LogP) is 3.49. The first-order chi connectivity index (χ1) is 13.7. The number of carbonyl (C=O) groups is 1. The quantitative estimate of drug-likeness (QED) is 0.825. The first-order valence-electron chi connectivity index (χ1n) is 10.0. The highest BCUT2D eigenvalue weighted by atomic mass is 16.5. The summed E-state index contributed by atoms with van der Waals surface area (Å²) in [7, 11) is 0.